The number of hydrogen-bond acceptors (Lipinski definition) is 5. The van der Waals surface area contributed by atoms with Crippen molar-refractivity contribution in [3.63, 3.8) is 0 Å². The van der Waals surface area contributed by atoms with Crippen molar-refractivity contribution in [3.8, 4) is 6.07 Å². The van der Waals surface area contributed by atoms with E-state index in [4.69, 9.17) is 0 Å². The van der Waals surface area contributed by atoms with Gasteiger partial charge in [-0.3, -0.25) is 9.59 Å². The summed E-state index contributed by atoms with van der Waals surface area (Å²) in [5.74, 6) is -0.493. The van der Waals surface area contributed by atoms with Crippen LogP contribution in [0.25, 0.3) is 0 Å². The standard InChI is InChI=1S/C18H15N3O2S/c1-11-8-12(2)20-17(14(11)10-19)24-15-9-16(22)21(18(15)23)13-6-4-3-5-7-13/h3-8,15H,9H2,1-2H3. The third kappa shape index (κ3) is 2.91. The predicted molar refractivity (Wildman–Crippen MR) is 91.6 cm³/mol. The molecule has 0 saturated carbocycles. The number of aryl methyl sites for hydroxylation is 2. The average molecular weight is 337 g/mol. The number of para-hydroxylation sites is 1. The summed E-state index contributed by atoms with van der Waals surface area (Å²) in [4.78, 5) is 30.5. The smallest absolute Gasteiger partial charge is 0.247 e. The normalized spacial score (nSPS) is 17.2. The first-order valence-electron chi connectivity index (χ1n) is 7.48. The number of aromatic nitrogens is 1. The lowest BCUT2D eigenvalue weighted by Gasteiger charge is -2.15. The fourth-order valence-corrected chi connectivity index (χ4v) is 3.93. The zero-order valence-electron chi connectivity index (χ0n) is 13.3. The van der Waals surface area contributed by atoms with Gasteiger partial charge in [-0.05, 0) is 37.6 Å². The van der Waals surface area contributed by atoms with Gasteiger partial charge in [0.15, 0.2) is 0 Å². The van der Waals surface area contributed by atoms with Gasteiger partial charge in [-0.15, -0.1) is 0 Å². The number of amides is 2. The van der Waals surface area contributed by atoms with E-state index in [2.05, 4.69) is 11.1 Å². The molecule has 1 aliphatic heterocycles. The number of anilines is 1. The van der Waals surface area contributed by atoms with E-state index in [1.165, 1.54) is 16.7 Å². The summed E-state index contributed by atoms with van der Waals surface area (Å²) in [6.07, 6.45) is 0.109. The fourth-order valence-electron chi connectivity index (χ4n) is 2.70. The average Bonchev–Trinajstić information content (AvgIpc) is 2.82. The van der Waals surface area contributed by atoms with Gasteiger partial charge < -0.3 is 0 Å². The fraction of sp³-hybridized carbons (Fsp3) is 0.222. The molecule has 2 heterocycles. The summed E-state index contributed by atoms with van der Waals surface area (Å²) < 4.78 is 0. The third-order valence-corrected chi connectivity index (χ3v) is 4.97. The summed E-state index contributed by atoms with van der Waals surface area (Å²) in [5, 5.41) is 9.30. The maximum absolute atomic E-state index is 12.7. The number of rotatable bonds is 3. The molecular formula is C18H15N3O2S. The van der Waals surface area contributed by atoms with Crippen molar-refractivity contribution in [1.82, 2.24) is 4.98 Å². The van der Waals surface area contributed by atoms with Gasteiger partial charge in [0.2, 0.25) is 11.8 Å². The molecule has 0 bridgehead atoms. The number of thioether (sulfide) groups is 1. The Kier molecular flexibility index (Phi) is 4.36. The summed E-state index contributed by atoms with van der Waals surface area (Å²) in [6.45, 7) is 3.69. The van der Waals surface area contributed by atoms with Crippen molar-refractivity contribution in [2.45, 2.75) is 30.5 Å². The number of nitrogens with zero attached hydrogens (tertiary/aromatic N) is 3. The highest BCUT2D eigenvalue weighted by Crippen LogP contribution is 2.35. The second-order valence-corrected chi connectivity index (χ2v) is 6.78. The van der Waals surface area contributed by atoms with E-state index in [0.29, 0.717) is 16.3 Å². The number of carbonyl (C=O) groups is 2. The van der Waals surface area contributed by atoms with E-state index in [1.807, 2.05) is 26.0 Å². The Balaban J connectivity index is 1.90. The molecule has 1 atom stereocenters. The lowest BCUT2D eigenvalue weighted by atomic mass is 10.1. The number of carbonyl (C=O) groups excluding carboxylic acids is 2. The Labute approximate surface area is 144 Å². The second-order valence-electron chi connectivity index (χ2n) is 5.59. The molecule has 1 aliphatic rings. The first-order valence-corrected chi connectivity index (χ1v) is 8.36. The molecule has 2 amide bonds. The van der Waals surface area contributed by atoms with Gasteiger partial charge in [-0.1, -0.05) is 30.0 Å². The summed E-state index contributed by atoms with van der Waals surface area (Å²) in [7, 11) is 0. The van der Waals surface area contributed by atoms with Crippen LogP contribution < -0.4 is 4.90 Å². The molecule has 5 nitrogen and oxygen atoms in total. The van der Waals surface area contributed by atoms with Crippen molar-refractivity contribution in [3.05, 3.63) is 53.2 Å². The van der Waals surface area contributed by atoms with E-state index in [9.17, 15) is 14.9 Å². The van der Waals surface area contributed by atoms with E-state index in [0.717, 1.165) is 11.3 Å². The highest BCUT2D eigenvalue weighted by atomic mass is 32.2. The van der Waals surface area contributed by atoms with Crippen molar-refractivity contribution >= 4 is 29.3 Å². The predicted octanol–water partition coefficient (Wildman–Crippen LogP) is 2.99. The zero-order chi connectivity index (χ0) is 17.3. The minimum absolute atomic E-state index is 0.109. The number of pyridine rings is 1. The minimum atomic E-state index is -0.557. The molecule has 1 fully saturated rings. The molecule has 24 heavy (non-hydrogen) atoms. The molecule has 0 spiro atoms. The van der Waals surface area contributed by atoms with Gasteiger partial charge in [-0.2, -0.15) is 5.26 Å². The van der Waals surface area contributed by atoms with E-state index < -0.39 is 5.25 Å². The molecule has 3 rings (SSSR count). The molecule has 1 aromatic carbocycles. The molecule has 1 unspecified atom stereocenters. The summed E-state index contributed by atoms with van der Waals surface area (Å²) in [6, 6.07) is 12.9. The Morgan fingerprint density at radius 2 is 1.96 bits per heavy atom. The van der Waals surface area contributed by atoms with Crippen LogP contribution in [0.4, 0.5) is 5.69 Å². The molecule has 0 N–H and O–H groups in total. The number of benzene rings is 1. The molecule has 0 aliphatic carbocycles. The first-order chi connectivity index (χ1) is 11.5. The Hall–Kier alpha value is -2.65. The number of imide groups is 1. The Bertz CT molecular complexity index is 859. The lowest BCUT2D eigenvalue weighted by molar-refractivity contribution is -0.121. The van der Waals surface area contributed by atoms with Gasteiger partial charge in [0.1, 0.15) is 11.1 Å². The Morgan fingerprint density at radius 3 is 2.62 bits per heavy atom. The quantitative estimate of drug-likeness (QED) is 0.805. The Morgan fingerprint density at radius 1 is 1.25 bits per heavy atom. The second kappa shape index (κ2) is 6.46. The highest BCUT2D eigenvalue weighted by molar-refractivity contribution is 8.00. The molecule has 1 saturated heterocycles. The van der Waals surface area contributed by atoms with E-state index in [1.54, 1.807) is 24.3 Å². The monoisotopic (exact) mass is 337 g/mol. The van der Waals surface area contributed by atoms with Crippen LogP contribution in [0, 0.1) is 25.2 Å². The minimum Gasteiger partial charge on any atom is -0.274 e. The van der Waals surface area contributed by atoms with E-state index in [-0.39, 0.29) is 18.2 Å². The largest absolute Gasteiger partial charge is 0.274 e. The molecule has 6 heteroatoms. The topological polar surface area (TPSA) is 74.1 Å². The number of hydrogen-bond donors (Lipinski definition) is 0. The van der Waals surface area contributed by atoms with Crippen molar-refractivity contribution < 1.29 is 9.59 Å². The molecule has 2 aromatic rings. The summed E-state index contributed by atoms with van der Waals surface area (Å²) in [5.41, 5.74) is 2.64. The third-order valence-electron chi connectivity index (χ3n) is 3.80. The molecule has 0 radical (unpaired) electrons. The first kappa shape index (κ1) is 16.2. The summed E-state index contributed by atoms with van der Waals surface area (Å²) >= 11 is 1.20. The maximum Gasteiger partial charge on any atom is 0.247 e. The van der Waals surface area contributed by atoms with Crippen LogP contribution in [0.1, 0.15) is 23.2 Å². The van der Waals surface area contributed by atoms with Gasteiger partial charge in [-0.25, -0.2) is 9.88 Å². The SMILES string of the molecule is Cc1cc(C)c(C#N)c(SC2CC(=O)N(c3ccccc3)C2=O)n1. The van der Waals surface area contributed by atoms with Crippen LogP contribution in [-0.4, -0.2) is 22.0 Å². The van der Waals surface area contributed by atoms with Gasteiger partial charge in [0.05, 0.1) is 16.5 Å². The van der Waals surface area contributed by atoms with Gasteiger partial charge >= 0.3 is 0 Å². The van der Waals surface area contributed by atoms with Crippen LogP contribution in [0.15, 0.2) is 41.4 Å². The van der Waals surface area contributed by atoms with Crippen LogP contribution in [0.2, 0.25) is 0 Å². The molecular weight excluding hydrogens is 322 g/mol. The molecule has 1 aromatic heterocycles. The van der Waals surface area contributed by atoms with Crippen molar-refractivity contribution in [2.75, 3.05) is 4.90 Å². The van der Waals surface area contributed by atoms with Gasteiger partial charge in [0, 0.05) is 12.1 Å². The van der Waals surface area contributed by atoms with Crippen LogP contribution in [-0.2, 0) is 9.59 Å². The van der Waals surface area contributed by atoms with Crippen LogP contribution in [0.3, 0.4) is 0 Å². The maximum atomic E-state index is 12.7. The highest BCUT2D eigenvalue weighted by Gasteiger charge is 2.40. The van der Waals surface area contributed by atoms with Crippen LogP contribution >= 0.6 is 11.8 Å². The lowest BCUT2D eigenvalue weighted by Crippen LogP contribution is -2.31. The molecule has 120 valence electrons. The van der Waals surface area contributed by atoms with Gasteiger partial charge in [0.25, 0.3) is 0 Å². The van der Waals surface area contributed by atoms with Crippen molar-refractivity contribution in [1.29, 1.82) is 5.26 Å². The van der Waals surface area contributed by atoms with Crippen molar-refractivity contribution in [2.24, 2.45) is 0 Å². The zero-order valence-corrected chi connectivity index (χ0v) is 14.1. The number of nitriles is 1. The van der Waals surface area contributed by atoms with Crippen LogP contribution in [0.5, 0.6) is 0 Å². The van der Waals surface area contributed by atoms with E-state index >= 15 is 0 Å².